The van der Waals surface area contributed by atoms with Crippen LogP contribution in [0.2, 0.25) is 0 Å². The van der Waals surface area contributed by atoms with Crippen molar-refractivity contribution in [2.24, 2.45) is 0 Å². The summed E-state index contributed by atoms with van der Waals surface area (Å²) in [6, 6.07) is 17.6. The zero-order chi connectivity index (χ0) is 11.4. The van der Waals surface area contributed by atoms with Crippen LogP contribution < -0.4 is 10.6 Å². The molecule has 0 amide bonds. The summed E-state index contributed by atoms with van der Waals surface area (Å²) in [5.74, 6) is 0. The fraction of sp³-hybridized carbons (Fsp3) is 0.0769. The molecule has 82 valence electrons. The molecule has 0 N–H and O–H groups in total. The third-order valence-corrected chi connectivity index (χ3v) is 4.85. The van der Waals surface area contributed by atoms with E-state index in [1.807, 2.05) is 60.9 Å². The molecule has 0 aliphatic carbocycles. The van der Waals surface area contributed by atoms with Gasteiger partial charge in [-0.2, -0.15) is 0 Å². The standard InChI is InChI=1S/C13H13OPS/c1-16-13-9-7-12(8-10-13)15(14)11-5-3-2-4-6-11/h2-10,15H,1H3. The van der Waals surface area contributed by atoms with E-state index in [1.165, 1.54) is 4.90 Å². The van der Waals surface area contributed by atoms with Crippen LogP contribution >= 0.6 is 19.6 Å². The second-order valence-corrected chi connectivity index (χ2v) is 6.12. The molecule has 0 aliphatic heterocycles. The first-order chi connectivity index (χ1) is 7.81. The van der Waals surface area contributed by atoms with Gasteiger partial charge in [0.15, 0.2) is 0 Å². The van der Waals surface area contributed by atoms with Crippen LogP contribution in [0.5, 0.6) is 0 Å². The molecule has 0 spiro atoms. The molecule has 2 aromatic carbocycles. The molecule has 0 heterocycles. The Bertz CT molecular complexity index is 479. The second-order valence-electron chi connectivity index (χ2n) is 3.42. The summed E-state index contributed by atoms with van der Waals surface area (Å²) in [7, 11) is -1.83. The summed E-state index contributed by atoms with van der Waals surface area (Å²) in [4.78, 5) is 1.20. The molecule has 0 saturated carbocycles. The summed E-state index contributed by atoms with van der Waals surface area (Å²) < 4.78 is 12.2. The third-order valence-electron chi connectivity index (χ3n) is 2.39. The van der Waals surface area contributed by atoms with Gasteiger partial charge in [0.2, 0.25) is 0 Å². The van der Waals surface area contributed by atoms with E-state index in [1.54, 1.807) is 11.8 Å². The van der Waals surface area contributed by atoms with Gasteiger partial charge in [0.1, 0.15) is 7.80 Å². The van der Waals surface area contributed by atoms with Crippen molar-refractivity contribution in [2.75, 3.05) is 6.26 Å². The van der Waals surface area contributed by atoms with E-state index in [4.69, 9.17) is 0 Å². The fourth-order valence-electron chi connectivity index (χ4n) is 1.50. The highest BCUT2D eigenvalue weighted by Crippen LogP contribution is 2.21. The third kappa shape index (κ3) is 2.58. The van der Waals surface area contributed by atoms with Crippen LogP contribution in [0.25, 0.3) is 0 Å². The lowest BCUT2D eigenvalue weighted by atomic mass is 10.4. The van der Waals surface area contributed by atoms with Crippen LogP contribution in [0.3, 0.4) is 0 Å². The normalized spacial score (nSPS) is 12.3. The zero-order valence-electron chi connectivity index (χ0n) is 9.01. The van der Waals surface area contributed by atoms with Gasteiger partial charge in [-0.15, -0.1) is 11.8 Å². The summed E-state index contributed by atoms with van der Waals surface area (Å²) >= 11 is 1.69. The maximum absolute atomic E-state index is 12.2. The number of hydrogen-bond acceptors (Lipinski definition) is 2. The van der Waals surface area contributed by atoms with Gasteiger partial charge < -0.3 is 4.57 Å². The highest BCUT2D eigenvalue weighted by Gasteiger charge is 2.05. The number of benzene rings is 2. The minimum absolute atomic E-state index is 0.921. The van der Waals surface area contributed by atoms with Crippen molar-refractivity contribution in [1.82, 2.24) is 0 Å². The molecule has 0 radical (unpaired) electrons. The highest BCUT2D eigenvalue weighted by molar-refractivity contribution is 7.98. The SMILES string of the molecule is CSc1ccc([PH](=O)c2ccccc2)cc1. The first kappa shape index (κ1) is 11.5. The first-order valence-electron chi connectivity index (χ1n) is 5.05. The van der Waals surface area contributed by atoms with Crippen LogP contribution in [0, 0.1) is 0 Å². The lowest BCUT2D eigenvalue weighted by Gasteiger charge is -2.03. The number of hydrogen-bond donors (Lipinski definition) is 0. The molecular formula is C13H13OPS. The highest BCUT2D eigenvalue weighted by atomic mass is 32.2. The number of thioether (sulfide) groups is 1. The van der Waals surface area contributed by atoms with Gasteiger partial charge in [-0.25, -0.2) is 0 Å². The molecular weight excluding hydrogens is 235 g/mol. The Labute approximate surface area is 101 Å². The Morgan fingerprint density at radius 3 is 2.00 bits per heavy atom. The van der Waals surface area contributed by atoms with Gasteiger partial charge in [-0.1, -0.05) is 42.5 Å². The molecule has 0 saturated heterocycles. The van der Waals surface area contributed by atoms with Crippen molar-refractivity contribution in [1.29, 1.82) is 0 Å². The van der Waals surface area contributed by atoms with E-state index in [0.717, 1.165) is 10.6 Å². The molecule has 0 fully saturated rings. The molecule has 1 unspecified atom stereocenters. The van der Waals surface area contributed by atoms with Crippen LogP contribution in [0.15, 0.2) is 59.5 Å². The molecule has 2 rings (SSSR count). The second kappa shape index (κ2) is 5.38. The number of rotatable bonds is 3. The smallest absolute Gasteiger partial charge is 0.131 e. The molecule has 0 bridgehead atoms. The molecule has 1 atom stereocenters. The summed E-state index contributed by atoms with van der Waals surface area (Å²) in [5, 5.41) is 1.85. The molecule has 0 aromatic heterocycles. The summed E-state index contributed by atoms with van der Waals surface area (Å²) in [6.45, 7) is 0. The van der Waals surface area contributed by atoms with E-state index < -0.39 is 7.80 Å². The van der Waals surface area contributed by atoms with Gasteiger partial charge in [-0.05, 0) is 18.4 Å². The maximum atomic E-state index is 12.2. The van der Waals surface area contributed by atoms with E-state index in [0.29, 0.717) is 0 Å². The summed E-state index contributed by atoms with van der Waals surface area (Å²) in [5.41, 5.74) is 0. The van der Waals surface area contributed by atoms with Gasteiger partial charge >= 0.3 is 0 Å². The Morgan fingerprint density at radius 2 is 1.44 bits per heavy atom. The molecule has 16 heavy (non-hydrogen) atoms. The van der Waals surface area contributed by atoms with Crippen molar-refractivity contribution in [3.05, 3.63) is 54.6 Å². The van der Waals surface area contributed by atoms with Crippen LogP contribution in [-0.4, -0.2) is 6.26 Å². The largest absolute Gasteiger partial charge is 0.317 e. The quantitative estimate of drug-likeness (QED) is 0.613. The van der Waals surface area contributed by atoms with Crippen molar-refractivity contribution in [3.63, 3.8) is 0 Å². The van der Waals surface area contributed by atoms with Crippen molar-refractivity contribution >= 4 is 30.2 Å². The predicted octanol–water partition coefficient (Wildman–Crippen LogP) is 2.92. The maximum Gasteiger partial charge on any atom is 0.131 e. The van der Waals surface area contributed by atoms with Gasteiger partial charge in [0.25, 0.3) is 0 Å². The average molecular weight is 248 g/mol. The fourth-order valence-corrected chi connectivity index (χ4v) is 3.20. The zero-order valence-corrected chi connectivity index (χ0v) is 10.8. The monoisotopic (exact) mass is 248 g/mol. The minimum atomic E-state index is -1.83. The average Bonchev–Trinajstić information content (AvgIpc) is 2.39. The van der Waals surface area contributed by atoms with Crippen LogP contribution in [-0.2, 0) is 4.57 Å². The van der Waals surface area contributed by atoms with Crippen molar-refractivity contribution < 1.29 is 4.57 Å². The Balaban J connectivity index is 2.28. The van der Waals surface area contributed by atoms with E-state index in [2.05, 4.69) is 0 Å². The predicted molar refractivity (Wildman–Crippen MR) is 72.9 cm³/mol. The summed E-state index contributed by atoms with van der Waals surface area (Å²) in [6.07, 6.45) is 2.04. The molecule has 3 heteroatoms. The van der Waals surface area contributed by atoms with Crippen LogP contribution in [0.1, 0.15) is 0 Å². The Morgan fingerprint density at radius 1 is 0.875 bits per heavy atom. The molecule has 2 aromatic rings. The molecule has 0 aliphatic rings. The molecule has 1 nitrogen and oxygen atoms in total. The van der Waals surface area contributed by atoms with E-state index in [9.17, 15) is 4.57 Å². The van der Waals surface area contributed by atoms with Gasteiger partial charge in [-0.3, -0.25) is 0 Å². The Hall–Kier alpha value is -0.980. The lowest BCUT2D eigenvalue weighted by Crippen LogP contribution is -2.05. The van der Waals surface area contributed by atoms with Crippen LogP contribution in [0.4, 0.5) is 0 Å². The van der Waals surface area contributed by atoms with E-state index >= 15 is 0 Å². The topological polar surface area (TPSA) is 17.1 Å². The van der Waals surface area contributed by atoms with Gasteiger partial charge in [0, 0.05) is 15.5 Å². The first-order valence-corrected chi connectivity index (χ1v) is 7.68. The lowest BCUT2D eigenvalue weighted by molar-refractivity contribution is 0.598. The van der Waals surface area contributed by atoms with Gasteiger partial charge in [0.05, 0.1) is 0 Å². The van der Waals surface area contributed by atoms with E-state index in [-0.39, 0.29) is 0 Å². The Kier molecular flexibility index (Phi) is 3.87. The van der Waals surface area contributed by atoms with Crippen molar-refractivity contribution in [3.8, 4) is 0 Å². The van der Waals surface area contributed by atoms with Crippen molar-refractivity contribution in [2.45, 2.75) is 4.90 Å². The minimum Gasteiger partial charge on any atom is -0.317 e.